The van der Waals surface area contributed by atoms with Crippen LogP contribution < -0.4 is 5.73 Å². The van der Waals surface area contributed by atoms with Crippen LogP contribution in [-0.2, 0) is 4.79 Å². The summed E-state index contributed by atoms with van der Waals surface area (Å²) in [6, 6.07) is 2.39. The molecule has 0 saturated carbocycles. The molecule has 0 bridgehead atoms. The van der Waals surface area contributed by atoms with Crippen molar-refractivity contribution >= 4 is 12.0 Å². The Morgan fingerprint density at radius 3 is 2.64 bits per heavy atom. The average Bonchev–Trinajstić information content (AvgIpc) is 2.13. The number of halogens is 2. The molecule has 74 valence electrons. The monoisotopic (exact) mass is 197 g/mol. The van der Waals surface area contributed by atoms with Gasteiger partial charge in [0.25, 0.3) is 0 Å². The minimum Gasteiger partial charge on any atom is -0.366 e. The zero-order valence-corrected chi connectivity index (χ0v) is 7.55. The van der Waals surface area contributed by atoms with Gasteiger partial charge < -0.3 is 5.73 Å². The van der Waals surface area contributed by atoms with E-state index < -0.39 is 17.5 Å². The molecule has 1 aromatic carbocycles. The highest BCUT2D eigenvalue weighted by atomic mass is 19.2. The van der Waals surface area contributed by atoms with Crippen molar-refractivity contribution in [2.45, 2.75) is 6.92 Å². The molecule has 0 unspecified atom stereocenters. The summed E-state index contributed by atoms with van der Waals surface area (Å²) in [5, 5.41) is 0. The summed E-state index contributed by atoms with van der Waals surface area (Å²) in [7, 11) is 0. The van der Waals surface area contributed by atoms with Crippen LogP contribution in [0.2, 0.25) is 0 Å². The quantitative estimate of drug-likeness (QED) is 0.721. The maximum Gasteiger partial charge on any atom is 0.241 e. The number of rotatable bonds is 2. The van der Waals surface area contributed by atoms with E-state index in [1.807, 2.05) is 0 Å². The SMILES string of the molecule is Cc1c(C=CC(N)=O)ccc(F)c1F. The second-order valence-corrected chi connectivity index (χ2v) is 2.81. The maximum atomic E-state index is 13.0. The Hall–Kier alpha value is -1.71. The Bertz CT molecular complexity index is 399. The molecule has 0 spiro atoms. The Morgan fingerprint density at radius 1 is 1.43 bits per heavy atom. The molecule has 4 heteroatoms. The maximum absolute atomic E-state index is 13.0. The number of hydrogen-bond acceptors (Lipinski definition) is 1. The summed E-state index contributed by atoms with van der Waals surface area (Å²) in [5.41, 5.74) is 5.45. The Morgan fingerprint density at radius 2 is 2.07 bits per heavy atom. The average molecular weight is 197 g/mol. The fourth-order valence-corrected chi connectivity index (χ4v) is 1.02. The summed E-state index contributed by atoms with van der Waals surface area (Å²) in [6.07, 6.45) is 2.44. The van der Waals surface area contributed by atoms with Crippen LogP contribution in [-0.4, -0.2) is 5.91 Å². The van der Waals surface area contributed by atoms with Gasteiger partial charge in [0.1, 0.15) is 0 Å². The van der Waals surface area contributed by atoms with Gasteiger partial charge in [-0.25, -0.2) is 8.78 Å². The Labute approximate surface area is 80.0 Å². The molecule has 1 rings (SSSR count). The van der Waals surface area contributed by atoms with Crippen LogP contribution in [0.5, 0.6) is 0 Å². The zero-order chi connectivity index (χ0) is 10.7. The summed E-state index contributed by atoms with van der Waals surface area (Å²) >= 11 is 0. The Kier molecular flexibility index (Phi) is 2.96. The van der Waals surface area contributed by atoms with E-state index in [2.05, 4.69) is 0 Å². The minimum absolute atomic E-state index is 0.155. The number of amides is 1. The molecule has 0 fully saturated rings. The number of hydrogen-bond donors (Lipinski definition) is 1. The molecule has 1 amide bonds. The molecule has 0 saturated heterocycles. The van der Waals surface area contributed by atoms with Crippen molar-refractivity contribution in [2.75, 3.05) is 0 Å². The van der Waals surface area contributed by atoms with Crippen LogP contribution in [0, 0.1) is 18.6 Å². The van der Waals surface area contributed by atoms with Crippen molar-refractivity contribution in [3.8, 4) is 0 Å². The van der Waals surface area contributed by atoms with E-state index in [-0.39, 0.29) is 5.56 Å². The molecule has 0 atom stereocenters. The van der Waals surface area contributed by atoms with Crippen LogP contribution in [0.1, 0.15) is 11.1 Å². The third-order valence-corrected chi connectivity index (χ3v) is 1.81. The van der Waals surface area contributed by atoms with E-state index >= 15 is 0 Å². The van der Waals surface area contributed by atoms with Gasteiger partial charge in [-0.2, -0.15) is 0 Å². The Balaban J connectivity index is 3.12. The normalized spacial score (nSPS) is 10.8. The van der Waals surface area contributed by atoms with Crippen LogP contribution >= 0.6 is 0 Å². The van der Waals surface area contributed by atoms with Gasteiger partial charge in [0.2, 0.25) is 5.91 Å². The van der Waals surface area contributed by atoms with Crippen molar-refractivity contribution < 1.29 is 13.6 Å². The largest absolute Gasteiger partial charge is 0.366 e. The van der Waals surface area contributed by atoms with Gasteiger partial charge in [0, 0.05) is 6.08 Å². The fourth-order valence-electron chi connectivity index (χ4n) is 1.02. The highest BCUT2D eigenvalue weighted by Crippen LogP contribution is 2.16. The van der Waals surface area contributed by atoms with E-state index in [0.29, 0.717) is 5.56 Å². The van der Waals surface area contributed by atoms with E-state index in [1.165, 1.54) is 19.1 Å². The van der Waals surface area contributed by atoms with E-state index in [9.17, 15) is 13.6 Å². The molecule has 0 aliphatic rings. The summed E-state index contributed by atoms with van der Waals surface area (Å²) in [5.74, 6) is -2.44. The first kappa shape index (κ1) is 10.4. The predicted octanol–water partition coefficient (Wildman–Crippen LogP) is 1.77. The molecule has 0 aliphatic carbocycles. The highest BCUT2D eigenvalue weighted by Gasteiger charge is 2.07. The molecule has 14 heavy (non-hydrogen) atoms. The van der Waals surface area contributed by atoms with Gasteiger partial charge in [-0.15, -0.1) is 0 Å². The van der Waals surface area contributed by atoms with Gasteiger partial charge in [-0.3, -0.25) is 4.79 Å². The van der Waals surface area contributed by atoms with Gasteiger partial charge in [-0.1, -0.05) is 6.07 Å². The zero-order valence-electron chi connectivity index (χ0n) is 7.55. The highest BCUT2D eigenvalue weighted by molar-refractivity contribution is 5.90. The number of carbonyl (C=O) groups is 1. The molecule has 0 heterocycles. The minimum atomic E-state index is -0.906. The van der Waals surface area contributed by atoms with Crippen LogP contribution in [0.3, 0.4) is 0 Å². The number of carbonyl (C=O) groups excluding carboxylic acids is 1. The van der Waals surface area contributed by atoms with Crippen LogP contribution in [0.25, 0.3) is 6.08 Å². The standard InChI is InChI=1S/C10H9F2NO/c1-6-7(3-5-9(13)14)2-4-8(11)10(6)12/h2-5H,1H3,(H2,13,14). The summed E-state index contributed by atoms with van der Waals surface area (Å²) < 4.78 is 25.7. The molecule has 2 nitrogen and oxygen atoms in total. The van der Waals surface area contributed by atoms with Gasteiger partial charge in [0.05, 0.1) is 0 Å². The van der Waals surface area contributed by atoms with Gasteiger partial charge in [-0.05, 0) is 30.2 Å². The molecule has 0 radical (unpaired) electrons. The molecular formula is C10H9F2NO. The van der Waals surface area contributed by atoms with E-state index in [4.69, 9.17) is 5.73 Å². The first-order valence-electron chi connectivity index (χ1n) is 3.94. The van der Waals surface area contributed by atoms with Crippen molar-refractivity contribution in [1.29, 1.82) is 0 Å². The number of nitrogens with two attached hydrogens (primary N) is 1. The van der Waals surface area contributed by atoms with Gasteiger partial charge in [0.15, 0.2) is 11.6 Å². The number of benzene rings is 1. The lowest BCUT2D eigenvalue weighted by Crippen LogP contribution is -2.05. The molecule has 0 aromatic heterocycles. The number of primary amides is 1. The topological polar surface area (TPSA) is 43.1 Å². The first-order chi connectivity index (χ1) is 6.52. The lowest BCUT2D eigenvalue weighted by atomic mass is 10.1. The van der Waals surface area contributed by atoms with Crippen molar-refractivity contribution in [1.82, 2.24) is 0 Å². The molecule has 0 aliphatic heterocycles. The fraction of sp³-hybridized carbons (Fsp3) is 0.100. The second-order valence-electron chi connectivity index (χ2n) is 2.81. The molecule has 2 N–H and O–H groups in total. The lowest BCUT2D eigenvalue weighted by molar-refractivity contribution is -0.113. The van der Waals surface area contributed by atoms with Crippen molar-refractivity contribution in [3.63, 3.8) is 0 Å². The van der Waals surface area contributed by atoms with E-state index in [1.54, 1.807) is 0 Å². The smallest absolute Gasteiger partial charge is 0.241 e. The van der Waals surface area contributed by atoms with Gasteiger partial charge >= 0.3 is 0 Å². The molecule has 1 aromatic rings. The van der Waals surface area contributed by atoms with Crippen LogP contribution in [0.15, 0.2) is 18.2 Å². The summed E-state index contributed by atoms with van der Waals surface area (Å²) in [6.45, 7) is 1.43. The predicted molar refractivity (Wildman–Crippen MR) is 49.3 cm³/mol. The third-order valence-electron chi connectivity index (χ3n) is 1.81. The van der Waals surface area contributed by atoms with Crippen LogP contribution in [0.4, 0.5) is 8.78 Å². The lowest BCUT2D eigenvalue weighted by Gasteiger charge is -2.01. The van der Waals surface area contributed by atoms with Crippen molar-refractivity contribution in [3.05, 3.63) is 41.0 Å². The third kappa shape index (κ3) is 2.16. The van der Waals surface area contributed by atoms with Crippen molar-refractivity contribution in [2.24, 2.45) is 5.73 Å². The first-order valence-corrected chi connectivity index (χ1v) is 3.94. The summed E-state index contributed by atoms with van der Waals surface area (Å²) in [4.78, 5) is 10.4. The molecular weight excluding hydrogens is 188 g/mol. The van der Waals surface area contributed by atoms with E-state index in [0.717, 1.165) is 12.1 Å². The second kappa shape index (κ2) is 4.00.